The lowest BCUT2D eigenvalue weighted by molar-refractivity contribution is -0.119. The molecule has 6 heteroatoms. The quantitative estimate of drug-likeness (QED) is 0.815. The number of carbonyl (C=O) groups is 2. The van der Waals surface area contributed by atoms with Crippen LogP contribution >= 0.6 is 23.2 Å². The lowest BCUT2D eigenvalue weighted by Gasteiger charge is -2.10. The van der Waals surface area contributed by atoms with Crippen molar-refractivity contribution in [1.82, 2.24) is 5.32 Å². The van der Waals surface area contributed by atoms with Crippen LogP contribution in [0.3, 0.4) is 0 Å². The number of nitrogens with one attached hydrogen (secondary N) is 2. The molecule has 0 saturated carbocycles. The molecule has 0 aromatic heterocycles. The van der Waals surface area contributed by atoms with E-state index in [0.717, 1.165) is 5.56 Å². The molecule has 2 N–H and O–H groups in total. The van der Waals surface area contributed by atoms with E-state index < -0.39 is 17.3 Å². The van der Waals surface area contributed by atoms with Gasteiger partial charge in [-0.15, -0.1) is 11.6 Å². The van der Waals surface area contributed by atoms with Crippen LogP contribution in [0.5, 0.6) is 0 Å². The first-order valence-electron chi connectivity index (χ1n) is 4.93. The first-order chi connectivity index (χ1) is 7.91. The van der Waals surface area contributed by atoms with Crippen molar-refractivity contribution in [2.24, 2.45) is 0 Å². The van der Waals surface area contributed by atoms with E-state index >= 15 is 0 Å². The minimum absolute atomic E-state index is 0.542. The Hall–Kier alpha value is -1.26. The molecule has 0 fully saturated rings. The summed E-state index contributed by atoms with van der Waals surface area (Å²) in [5.41, 5.74) is 1.28. The van der Waals surface area contributed by atoms with Crippen LogP contribution in [-0.4, -0.2) is 17.3 Å². The Morgan fingerprint density at radius 1 is 1.35 bits per heavy atom. The number of hydrogen-bond acceptors (Lipinski definition) is 2. The molecular weight excluding hydrogens is 263 g/mol. The molecule has 1 unspecified atom stereocenters. The van der Waals surface area contributed by atoms with E-state index in [-0.39, 0.29) is 0 Å². The number of anilines is 1. The van der Waals surface area contributed by atoms with Crippen LogP contribution in [0.25, 0.3) is 0 Å². The van der Waals surface area contributed by atoms with Gasteiger partial charge in [0, 0.05) is 10.7 Å². The van der Waals surface area contributed by atoms with Crippen molar-refractivity contribution in [2.45, 2.75) is 19.2 Å². The molecule has 17 heavy (non-hydrogen) atoms. The molecule has 1 aromatic carbocycles. The molecule has 0 aliphatic heterocycles. The number of rotatable bonds is 2. The second-order valence-electron chi connectivity index (χ2n) is 3.47. The summed E-state index contributed by atoms with van der Waals surface area (Å²) in [5.74, 6) is -0.552. The van der Waals surface area contributed by atoms with Crippen LogP contribution in [-0.2, 0) is 4.79 Å². The van der Waals surface area contributed by atoms with Gasteiger partial charge in [-0.05, 0) is 31.5 Å². The van der Waals surface area contributed by atoms with Gasteiger partial charge in [0.2, 0.25) is 5.91 Å². The average Bonchev–Trinajstić information content (AvgIpc) is 2.24. The average molecular weight is 275 g/mol. The maximum absolute atomic E-state index is 11.4. The van der Waals surface area contributed by atoms with Crippen molar-refractivity contribution in [3.63, 3.8) is 0 Å². The third-order valence-corrected chi connectivity index (χ3v) is 2.72. The van der Waals surface area contributed by atoms with Gasteiger partial charge in [0.05, 0.1) is 0 Å². The van der Waals surface area contributed by atoms with Crippen LogP contribution in [0.15, 0.2) is 18.2 Å². The topological polar surface area (TPSA) is 58.2 Å². The van der Waals surface area contributed by atoms with E-state index in [0.29, 0.717) is 10.7 Å². The third-order valence-electron chi connectivity index (χ3n) is 2.11. The lowest BCUT2D eigenvalue weighted by Crippen LogP contribution is -2.38. The number of imide groups is 1. The second kappa shape index (κ2) is 5.89. The summed E-state index contributed by atoms with van der Waals surface area (Å²) in [6, 6.07) is 4.48. The molecule has 1 atom stereocenters. The number of alkyl halides is 1. The molecule has 0 heterocycles. The summed E-state index contributed by atoms with van der Waals surface area (Å²) in [6.45, 7) is 3.25. The highest BCUT2D eigenvalue weighted by molar-refractivity contribution is 6.32. The zero-order valence-electron chi connectivity index (χ0n) is 9.38. The predicted octanol–water partition coefficient (Wildman–Crippen LogP) is 2.92. The second-order valence-corrected chi connectivity index (χ2v) is 4.53. The molecule has 0 radical (unpaired) electrons. The number of halogens is 2. The van der Waals surface area contributed by atoms with Gasteiger partial charge in [0.1, 0.15) is 5.38 Å². The molecule has 0 aliphatic carbocycles. The van der Waals surface area contributed by atoms with Gasteiger partial charge >= 0.3 is 6.03 Å². The van der Waals surface area contributed by atoms with E-state index in [1.54, 1.807) is 25.1 Å². The minimum Gasteiger partial charge on any atom is -0.307 e. The van der Waals surface area contributed by atoms with Crippen molar-refractivity contribution in [2.75, 3.05) is 5.32 Å². The van der Waals surface area contributed by atoms with E-state index in [2.05, 4.69) is 10.6 Å². The van der Waals surface area contributed by atoms with Crippen LogP contribution in [0, 0.1) is 6.92 Å². The standard InChI is InChI=1S/C11H12Cl2N2O2/c1-6-8(13)4-3-5-9(6)14-11(17)15-10(16)7(2)12/h3-5,7H,1-2H3,(H2,14,15,16,17). The Bertz CT molecular complexity index is 447. The van der Waals surface area contributed by atoms with Crippen LogP contribution < -0.4 is 10.6 Å². The normalized spacial score (nSPS) is 11.8. The Labute approximate surface area is 109 Å². The summed E-state index contributed by atoms with van der Waals surface area (Å²) in [7, 11) is 0. The molecule has 1 rings (SSSR count). The molecule has 4 nitrogen and oxygen atoms in total. The SMILES string of the molecule is Cc1c(Cl)cccc1NC(=O)NC(=O)C(C)Cl. The predicted molar refractivity (Wildman–Crippen MR) is 68.7 cm³/mol. The van der Waals surface area contributed by atoms with E-state index in [1.807, 2.05) is 0 Å². The van der Waals surface area contributed by atoms with Gasteiger partial charge in [-0.3, -0.25) is 10.1 Å². The van der Waals surface area contributed by atoms with Gasteiger partial charge in [-0.1, -0.05) is 17.7 Å². The van der Waals surface area contributed by atoms with Gasteiger partial charge < -0.3 is 5.32 Å². The fraction of sp³-hybridized carbons (Fsp3) is 0.273. The maximum atomic E-state index is 11.4. The van der Waals surface area contributed by atoms with Gasteiger partial charge in [-0.25, -0.2) is 4.79 Å². The first-order valence-corrected chi connectivity index (χ1v) is 5.74. The number of benzene rings is 1. The summed E-state index contributed by atoms with van der Waals surface area (Å²) >= 11 is 11.4. The van der Waals surface area contributed by atoms with Gasteiger partial charge in [0.15, 0.2) is 0 Å². The third kappa shape index (κ3) is 3.91. The molecule has 92 valence electrons. The summed E-state index contributed by atoms with van der Waals surface area (Å²) < 4.78 is 0. The molecule has 0 saturated heterocycles. The first kappa shape index (κ1) is 13.8. The maximum Gasteiger partial charge on any atom is 0.325 e. The number of amides is 3. The minimum atomic E-state index is -0.763. The molecule has 3 amide bonds. The van der Waals surface area contributed by atoms with Gasteiger partial charge in [-0.2, -0.15) is 0 Å². The van der Waals surface area contributed by atoms with Crippen LogP contribution in [0.4, 0.5) is 10.5 Å². The highest BCUT2D eigenvalue weighted by atomic mass is 35.5. The Balaban J connectivity index is 2.69. The Kier molecular flexibility index (Phi) is 4.78. The molecular formula is C11H12Cl2N2O2. The van der Waals surface area contributed by atoms with Crippen molar-refractivity contribution in [3.8, 4) is 0 Å². The fourth-order valence-electron chi connectivity index (χ4n) is 1.11. The van der Waals surface area contributed by atoms with Crippen LogP contribution in [0.1, 0.15) is 12.5 Å². The Morgan fingerprint density at radius 2 is 2.00 bits per heavy atom. The van der Waals surface area contributed by atoms with Crippen molar-refractivity contribution < 1.29 is 9.59 Å². The number of hydrogen-bond donors (Lipinski definition) is 2. The van der Waals surface area contributed by atoms with Gasteiger partial charge in [0.25, 0.3) is 0 Å². The molecule has 0 bridgehead atoms. The lowest BCUT2D eigenvalue weighted by atomic mass is 10.2. The zero-order valence-corrected chi connectivity index (χ0v) is 10.9. The van der Waals surface area contributed by atoms with Crippen molar-refractivity contribution in [1.29, 1.82) is 0 Å². The smallest absolute Gasteiger partial charge is 0.307 e. The number of carbonyl (C=O) groups excluding carboxylic acids is 2. The van der Waals surface area contributed by atoms with Crippen LogP contribution in [0.2, 0.25) is 5.02 Å². The van der Waals surface area contributed by atoms with E-state index in [9.17, 15) is 9.59 Å². The largest absolute Gasteiger partial charge is 0.325 e. The zero-order chi connectivity index (χ0) is 13.0. The highest BCUT2D eigenvalue weighted by Crippen LogP contribution is 2.22. The highest BCUT2D eigenvalue weighted by Gasteiger charge is 2.13. The Morgan fingerprint density at radius 3 is 2.59 bits per heavy atom. The van der Waals surface area contributed by atoms with E-state index in [1.165, 1.54) is 6.92 Å². The monoisotopic (exact) mass is 274 g/mol. The summed E-state index contributed by atoms with van der Waals surface area (Å²) in [5, 5.41) is 4.41. The fourth-order valence-corrected chi connectivity index (χ4v) is 1.34. The van der Waals surface area contributed by atoms with Crippen molar-refractivity contribution >= 4 is 40.8 Å². The number of urea groups is 1. The molecule has 0 spiro atoms. The molecule has 0 aliphatic rings. The van der Waals surface area contributed by atoms with Crippen molar-refractivity contribution in [3.05, 3.63) is 28.8 Å². The summed E-state index contributed by atoms with van der Waals surface area (Å²) in [4.78, 5) is 22.6. The molecule has 1 aromatic rings. The van der Waals surface area contributed by atoms with E-state index in [4.69, 9.17) is 23.2 Å². The summed E-state index contributed by atoms with van der Waals surface area (Å²) in [6.07, 6.45) is 0.